The molecule has 5 nitrogen and oxygen atoms in total. The maximum absolute atomic E-state index is 5.37. The minimum atomic E-state index is -0.0256. The van der Waals surface area contributed by atoms with Crippen molar-refractivity contribution in [2.75, 3.05) is 7.05 Å². The van der Waals surface area contributed by atoms with Crippen LogP contribution in [0.15, 0.2) is 10.0 Å². The van der Waals surface area contributed by atoms with E-state index >= 15 is 0 Å². The molecule has 6 heteroatoms. The van der Waals surface area contributed by atoms with Gasteiger partial charge in [0.05, 0.1) is 11.2 Å². The topological polar surface area (TPSA) is 63.8 Å². The molecule has 104 valence electrons. The number of thiazole rings is 1. The van der Waals surface area contributed by atoms with Gasteiger partial charge in [-0.1, -0.05) is 25.9 Å². The second kappa shape index (κ2) is 5.38. The van der Waals surface area contributed by atoms with Gasteiger partial charge in [0.15, 0.2) is 5.82 Å². The largest absolute Gasteiger partial charge is 0.333 e. The average Bonchev–Trinajstić information content (AvgIpc) is 2.94. The predicted molar refractivity (Wildman–Crippen MR) is 76.3 cm³/mol. The maximum Gasteiger partial charge on any atom is 0.269 e. The molecule has 0 bridgehead atoms. The Morgan fingerprint density at radius 3 is 2.79 bits per heavy atom. The summed E-state index contributed by atoms with van der Waals surface area (Å²) in [6.45, 7) is 8.48. The molecule has 2 aromatic heterocycles. The van der Waals surface area contributed by atoms with E-state index in [1.54, 1.807) is 11.3 Å². The van der Waals surface area contributed by atoms with E-state index in [9.17, 15) is 0 Å². The molecule has 0 spiro atoms. The fraction of sp³-hybridized carbons (Fsp3) is 0.615. The highest BCUT2D eigenvalue weighted by Gasteiger charge is 2.25. The van der Waals surface area contributed by atoms with Crippen LogP contribution in [0.25, 0.3) is 10.8 Å². The highest BCUT2D eigenvalue weighted by molar-refractivity contribution is 7.13. The van der Waals surface area contributed by atoms with Crippen LogP contribution in [0.3, 0.4) is 0 Å². The van der Waals surface area contributed by atoms with Crippen molar-refractivity contribution in [3.63, 3.8) is 0 Å². The zero-order valence-corrected chi connectivity index (χ0v) is 12.8. The zero-order chi connectivity index (χ0) is 14.0. The molecule has 19 heavy (non-hydrogen) atoms. The summed E-state index contributed by atoms with van der Waals surface area (Å²) in [6.07, 6.45) is 0.754. The van der Waals surface area contributed by atoms with Crippen LogP contribution >= 0.6 is 11.3 Å². The molecular weight excluding hydrogens is 260 g/mol. The predicted octanol–water partition coefficient (Wildman–Crippen LogP) is 2.64. The van der Waals surface area contributed by atoms with E-state index in [-0.39, 0.29) is 5.41 Å². The van der Waals surface area contributed by atoms with Crippen molar-refractivity contribution >= 4 is 11.3 Å². The quantitative estimate of drug-likeness (QED) is 0.932. The molecule has 1 N–H and O–H groups in total. The van der Waals surface area contributed by atoms with E-state index in [1.165, 1.54) is 0 Å². The highest BCUT2D eigenvalue weighted by atomic mass is 32.1. The summed E-state index contributed by atoms with van der Waals surface area (Å²) in [7, 11) is 1.92. The third-order valence-corrected chi connectivity index (χ3v) is 3.74. The van der Waals surface area contributed by atoms with Crippen molar-refractivity contribution in [3.8, 4) is 10.8 Å². The molecule has 0 aliphatic carbocycles. The van der Waals surface area contributed by atoms with Gasteiger partial charge in [0, 0.05) is 17.9 Å². The number of likely N-dealkylation sites (N-methyl/N-ethyl adjacent to an activating group) is 1. The van der Waals surface area contributed by atoms with Gasteiger partial charge in [-0.3, -0.25) is 0 Å². The first-order valence-corrected chi connectivity index (χ1v) is 7.24. The van der Waals surface area contributed by atoms with Gasteiger partial charge in [-0.05, 0) is 14.0 Å². The first-order valence-electron chi connectivity index (χ1n) is 6.36. The van der Waals surface area contributed by atoms with Crippen LogP contribution in [0.2, 0.25) is 0 Å². The lowest BCUT2D eigenvalue weighted by Gasteiger charge is -2.16. The van der Waals surface area contributed by atoms with Crippen LogP contribution < -0.4 is 5.32 Å². The molecule has 1 unspecified atom stereocenters. The summed E-state index contributed by atoms with van der Waals surface area (Å²) >= 11 is 1.54. The number of nitrogens with zero attached hydrogens (tertiary/aromatic N) is 3. The van der Waals surface area contributed by atoms with E-state index < -0.39 is 0 Å². The number of nitrogens with one attached hydrogen (secondary N) is 1. The van der Waals surface area contributed by atoms with Crippen LogP contribution in [0.4, 0.5) is 0 Å². The van der Waals surface area contributed by atoms with E-state index in [0.29, 0.717) is 11.9 Å². The molecular formula is C13H20N4OS. The van der Waals surface area contributed by atoms with Crippen LogP contribution in [0, 0.1) is 0 Å². The summed E-state index contributed by atoms with van der Waals surface area (Å²) < 4.78 is 5.37. The number of hydrogen-bond acceptors (Lipinski definition) is 6. The normalized spacial score (nSPS) is 13.7. The Morgan fingerprint density at radius 1 is 1.42 bits per heavy atom. The second-order valence-corrected chi connectivity index (χ2v) is 6.54. The Balaban J connectivity index is 2.26. The van der Waals surface area contributed by atoms with Crippen molar-refractivity contribution in [2.24, 2.45) is 0 Å². The fourth-order valence-electron chi connectivity index (χ4n) is 1.74. The lowest BCUT2D eigenvalue weighted by molar-refractivity contribution is 0.417. The van der Waals surface area contributed by atoms with Gasteiger partial charge in [0.25, 0.3) is 5.89 Å². The van der Waals surface area contributed by atoms with Crippen LogP contribution in [0.1, 0.15) is 39.2 Å². The highest BCUT2D eigenvalue weighted by Crippen LogP contribution is 2.34. The van der Waals surface area contributed by atoms with Crippen LogP contribution in [-0.4, -0.2) is 28.2 Å². The van der Waals surface area contributed by atoms with Crippen molar-refractivity contribution in [1.82, 2.24) is 20.4 Å². The summed E-state index contributed by atoms with van der Waals surface area (Å²) in [5.41, 5.74) is 2.81. The standard InChI is InChI=1S/C13H20N4OS/c1-8(14-5)6-9-16-12(18-17-9)10-11(13(2,3)4)15-7-19-10/h7-8,14H,6H2,1-5H3. The van der Waals surface area contributed by atoms with Crippen molar-refractivity contribution in [1.29, 1.82) is 0 Å². The molecule has 0 aliphatic heterocycles. The first-order chi connectivity index (χ1) is 8.91. The maximum atomic E-state index is 5.37. The van der Waals surface area contributed by atoms with Gasteiger partial charge in [0.1, 0.15) is 4.88 Å². The zero-order valence-electron chi connectivity index (χ0n) is 12.0. The minimum absolute atomic E-state index is 0.0256. The number of rotatable bonds is 4. The summed E-state index contributed by atoms with van der Waals surface area (Å²) in [6, 6.07) is 0.328. The Morgan fingerprint density at radius 2 is 2.16 bits per heavy atom. The SMILES string of the molecule is CNC(C)Cc1noc(-c2scnc2C(C)(C)C)n1. The Bertz CT molecular complexity index is 541. The lowest BCUT2D eigenvalue weighted by atomic mass is 9.91. The Labute approximate surface area is 117 Å². The van der Waals surface area contributed by atoms with Gasteiger partial charge in [0.2, 0.25) is 0 Å². The van der Waals surface area contributed by atoms with Crippen molar-refractivity contribution in [3.05, 3.63) is 17.0 Å². The van der Waals surface area contributed by atoms with E-state index in [4.69, 9.17) is 4.52 Å². The molecule has 0 aliphatic rings. The minimum Gasteiger partial charge on any atom is -0.333 e. The molecule has 0 fully saturated rings. The van der Waals surface area contributed by atoms with Gasteiger partial charge in [-0.25, -0.2) is 4.98 Å². The monoisotopic (exact) mass is 280 g/mol. The first kappa shape index (κ1) is 14.1. The molecule has 2 rings (SSSR count). The van der Waals surface area contributed by atoms with Crippen LogP contribution in [0.5, 0.6) is 0 Å². The fourth-order valence-corrected chi connectivity index (χ4v) is 2.65. The molecule has 0 aromatic carbocycles. The third kappa shape index (κ3) is 3.19. The van der Waals surface area contributed by atoms with Gasteiger partial charge >= 0.3 is 0 Å². The lowest BCUT2D eigenvalue weighted by Crippen LogP contribution is -2.24. The van der Waals surface area contributed by atoms with Crippen molar-refractivity contribution in [2.45, 2.75) is 45.6 Å². The average molecular weight is 280 g/mol. The van der Waals surface area contributed by atoms with Gasteiger partial charge in [-0.15, -0.1) is 11.3 Å². The Hall–Kier alpha value is -1.27. The second-order valence-electron chi connectivity index (χ2n) is 5.69. The van der Waals surface area contributed by atoms with Gasteiger partial charge in [-0.2, -0.15) is 4.98 Å². The Kier molecular flexibility index (Phi) is 4.01. The molecule has 0 amide bonds. The van der Waals surface area contributed by atoms with E-state index in [1.807, 2.05) is 12.6 Å². The third-order valence-electron chi connectivity index (χ3n) is 2.92. The summed E-state index contributed by atoms with van der Waals surface area (Å²) in [5, 5.41) is 7.20. The van der Waals surface area contributed by atoms with Gasteiger partial charge < -0.3 is 9.84 Å². The van der Waals surface area contributed by atoms with Crippen molar-refractivity contribution < 1.29 is 4.52 Å². The summed E-state index contributed by atoms with van der Waals surface area (Å²) in [4.78, 5) is 9.87. The number of hydrogen-bond donors (Lipinski definition) is 1. The molecule has 0 saturated carbocycles. The van der Waals surface area contributed by atoms with E-state index in [2.05, 4.69) is 48.1 Å². The summed E-state index contributed by atoms with van der Waals surface area (Å²) in [5.74, 6) is 1.30. The number of aromatic nitrogens is 3. The van der Waals surface area contributed by atoms with E-state index in [0.717, 1.165) is 22.8 Å². The molecule has 0 radical (unpaired) electrons. The molecule has 2 heterocycles. The van der Waals surface area contributed by atoms with Crippen LogP contribution in [-0.2, 0) is 11.8 Å². The molecule has 2 aromatic rings. The molecule has 0 saturated heterocycles. The smallest absolute Gasteiger partial charge is 0.269 e. The molecule has 1 atom stereocenters.